The standard InChI is InChI=1S/C38H54ClN7O5Si/c1-12-44-15-17-45(18-16-44)33(47)26-20-31(49-9)30(21-28(26)39)43-34-40-14-13-29(42-34)25-19-27-32(41-22-25)46(35(48)51-36(2,3)4)23-38(27,8)24-50-52(10,11)37(5,6)7/h13-14,19-22H,12,15-18,23-24H2,1-11H3,(H,40,42,43). The molecule has 5 rings (SSSR count). The molecule has 12 nitrogen and oxygen atoms in total. The van der Waals surface area contributed by atoms with Gasteiger partial charge in [0.15, 0.2) is 8.32 Å². The second kappa shape index (κ2) is 14.9. The summed E-state index contributed by atoms with van der Waals surface area (Å²) in [7, 11) is -0.568. The Morgan fingerprint density at radius 3 is 2.35 bits per heavy atom. The van der Waals surface area contributed by atoms with Crippen molar-refractivity contribution in [2.45, 2.75) is 84.5 Å². The lowest BCUT2D eigenvalue weighted by Crippen LogP contribution is -2.48. The van der Waals surface area contributed by atoms with Gasteiger partial charge in [-0.15, -0.1) is 0 Å². The van der Waals surface area contributed by atoms with Gasteiger partial charge in [0, 0.05) is 68.3 Å². The quantitative estimate of drug-likeness (QED) is 0.217. The number of hydrogen-bond donors (Lipinski definition) is 1. The van der Waals surface area contributed by atoms with Crippen LogP contribution in [0.1, 0.15) is 71.3 Å². The number of fused-ring (bicyclic) bond motifs is 1. The summed E-state index contributed by atoms with van der Waals surface area (Å²) in [6.07, 6.45) is 2.92. The molecule has 52 heavy (non-hydrogen) atoms. The number of amides is 2. The van der Waals surface area contributed by atoms with E-state index >= 15 is 0 Å². The first kappa shape index (κ1) is 39.4. The van der Waals surface area contributed by atoms with E-state index in [1.807, 2.05) is 37.8 Å². The molecular weight excluding hydrogens is 698 g/mol. The number of carbonyl (C=O) groups excluding carboxylic acids is 2. The molecule has 1 unspecified atom stereocenters. The van der Waals surface area contributed by atoms with Crippen LogP contribution >= 0.6 is 11.6 Å². The summed E-state index contributed by atoms with van der Waals surface area (Å²) in [6.45, 7) is 25.6. The molecule has 0 bridgehead atoms. The molecule has 1 atom stereocenters. The van der Waals surface area contributed by atoms with E-state index < -0.39 is 25.4 Å². The number of carbonyl (C=O) groups is 2. The minimum Gasteiger partial charge on any atom is -0.495 e. The normalized spacial score (nSPS) is 18.3. The van der Waals surface area contributed by atoms with Gasteiger partial charge < -0.3 is 29.0 Å². The SMILES string of the molecule is CCN1CCN(C(=O)c2cc(OC)c(Nc3nccc(-c4cnc5c(c4)C(C)(CO[Si](C)(C)C(C)(C)C)CN5C(=O)OC(C)(C)C)n3)cc2Cl)CC1. The summed E-state index contributed by atoms with van der Waals surface area (Å²) in [5.41, 5.74) is 1.95. The fourth-order valence-electron chi connectivity index (χ4n) is 6.04. The zero-order valence-corrected chi connectivity index (χ0v) is 34.3. The average Bonchev–Trinajstić information content (AvgIpc) is 3.38. The number of nitrogens with one attached hydrogen (secondary N) is 1. The van der Waals surface area contributed by atoms with Crippen LogP contribution in [0.5, 0.6) is 5.75 Å². The highest BCUT2D eigenvalue weighted by Gasteiger charge is 2.47. The first-order chi connectivity index (χ1) is 24.2. The van der Waals surface area contributed by atoms with Crippen molar-refractivity contribution < 1.29 is 23.5 Å². The topological polar surface area (TPSA) is 122 Å². The number of halogens is 1. The second-order valence-corrected chi connectivity index (χ2v) is 21.6. The van der Waals surface area contributed by atoms with Crippen molar-refractivity contribution >= 4 is 49.4 Å². The number of piperazine rings is 1. The molecule has 1 N–H and O–H groups in total. The van der Waals surface area contributed by atoms with Gasteiger partial charge in [-0.1, -0.05) is 46.2 Å². The van der Waals surface area contributed by atoms with E-state index in [4.69, 9.17) is 35.5 Å². The molecule has 1 saturated heterocycles. The summed E-state index contributed by atoms with van der Waals surface area (Å²) in [5, 5.41) is 3.55. The molecule has 282 valence electrons. The molecule has 0 aliphatic carbocycles. The maximum absolute atomic E-state index is 13.4. The Bertz CT molecular complexity index is 1800. The number of hydrogen-bond acceptors (Lipinski definition) is 10. The molecule has 0 saturated carbocycles. The number of likely N-dealkylation sites (N-methyl/N-ethyl adjacent to an activating group) is 1. The maximum Gasteiger partial charge on any atom is 0.416 e. The minimum atomic E-state index is -2.11. The molecule has 2 aliphatic heterocycles. The predicted octanol–water partition coefficient (Wildman–Crippen LogP) is 7.76. The van der Waals surface area contributed by atoms with E-state index in [2.05, 4.69) is 62.9 Å². The minimum absolute atomic E-state index is 0.0209. The number of anilines is 3. The van der Waals surface area contributed by atoms with Crippen molar-refractivity contribution in [2.75, 3.05) is 63.2 Å². The number of benzene rings is 1. The van der Waals surface area contributed by atoms with Crippen LogP contribution in [0.3, 0.4) is 0 Å². The average molecular weight is 752 g/mol. The molecule has 2 aromatic heterocycles. The third kappa shape index (κ3) is 8.54. The second-order valence-electron chi connectivity index (χ2n) is 16.4. The molecule has 0 radical (unpaired) electrons. The van der Waals surface area contributed by atoms with Crippen LogP contribution in [0.2, 0.25) is 23.2 Å². The Morgan fingerprint density at radius 2 is 1.73 bits per heavy atom. The van der Waals surface area contributed by atoms with Gasteiger partial charge >= 0.3 is 6.09 Å². The van der Waals surface area contributed by atoms with E-state index in [0.29, 0.717) is 65.7 Å². The molecule has 14 heteroatoms. The highest BCUT2D eigenvalue weighted by Crippen LogP contribution is 2.44. The smallest absolute Gasteiger partial charge is 0.416 e. The Labute approximate surface area is 314 Å². The monoisotopic (exact) mass is 751 g/mol. The van der Waals surface area contributed by atoms with Gasteiger partial charge in [0.05, 0.1) is 29.1 Å². The lowest BCUT2D eigenvalue weighted by Gasteiger charge is -2.39. The summed E-state index contributed by atoms with van der Waals surface area (Å²) in [6, 6.07) is 7.17. The van der Waals surface area contributed by atoms with Gasteiger partial charge in [0.25, 0.3) is 5.91 Å². The van der Waals surface area contributed by atoms with E-state index in [0.717, 1.165) is 30.8 Å². The fourth-order valence-corrected chi connectivity index (χ4v) is 7.39. The number of pyridine rings is 1. The highest BCUT2D eigenvalue weighted by molar-refractivity contribution is 6.74. The molecule has 1 aromatic carbocycles. The van der Waals surface area contributed by atoms with Crippen molar-refractivity contribution in [2.24, 2.45) is 0 Å². The van der Waals surface area contributed by atoms with Crippen molar-refractivity contribution in [3.8, 4) is 17.0 Å². The van der Waals surface area contributed by atoms with Gasteiger partial charge in [0.1, 0.15) is 17.2 Å². The third-order valence-corrected chi connectivity index (χ3v) is 15.1. The molecule has 2 aliphatic rings. The first-order valence-electron chi connectivity index (χ1n) is 17.9. The van der Waals surface area contributed by atoms with Crippen LogP contribution in [0.4, 0.5) is 22.2 Å². The summed E-state index contributed by atoms with van der Waals surface area (Å²) >= 11 is 6.70. The zero-order valence-electron chi connectivity index (χ0n) is 32.5. The Kier molecular flexibility index (Phi) is 11.3. The van der Waals surface area contributed by atoms with Crippen molar-refractivity contribution in [1.29, 1.82) is 0 Å². The number of rotatable bonds is 9. The number of aromatic nitrogens is 3. The van der Waals surface area contributed by atoms with E-state index in [-0.39, 0.29) is 10.9 Å². The molecule has 4 heterocycles. The van der Waals surface area contributed by atoms with E-state index in [1.54, 1.807) is 36.5 Å². The molecule has 0 spiro atoms. The molecular formula is C38H54ClN7O5Si. The van der Waals surface area contributed by atoms with E-state index in [9.17, 15) is 9.59 Å². The van der Waals surface area contributed by atoms with Crippen LogP contribution in [0.15, 0.2) is 36.7 Å². The number of methoxy groups -OCH3 is 1. The summed E-state index contributed by atoms with van der Waals surface area (Å²) in [4.78, 5) is 46.7. The molecule has 2 amide bonds. The fraction of sp³-hybridized carbons (Fsp3) is 0.553. The predicted molar refractivity (Wildman–Crippen MR) is 209 cm³/mol. The van der Waals surface area contributed by atoms with Crippen LogP contribution in [0, 0.1) is 0 Å². The lowest BCUT2D eigenvalue weighted by molar-refractivity contribution is 0.0573. The van der Waals surface area contributed by atoms with Crippen LogP contribution < -0.4 is 15.0 Å². The van der Waals surface area contributed by atoms with Crippen molar-refractivity contribution in [3.05, 3.63) is 52.8 Å². The van der Waals surface area contributed by atoms with Gasteiger partial charge in [-0.25, -0.2) is 19.7 Å². The molecule has 1 fully saturated rings. The highest BCUT2D eigenvalue weighted by atomic mass is 35.5. The maximum atomic E-state index is 13.4. The van der Waals surface area contributed by atoms with Gasteiger partial charge in [-0.05, 0) is 69.7 Å². The van der Waals surface area contributed by atoms with Gasteiger partial charge in [-0.2, -0.15) is 0 Å². The third-order valence-electron chi connectivity index (χ3n) is 10.3. The van der Waals surface area contributed by atoms with Gasteiger partial charge in [0.2, 0.25) is 5.95 Å². The Hall–Kier alpha value is -3.78. The Morgan fingerprint density at radius 1 is 1.04 bits per heavy atom. The van der Waals surface area contributed by atoms with Crippen molar-refractivity contribution in [3.63, 3.8) is 0 Å². The largest absolute Gasteiger partial charge is 0.495 e. The number of ether oxygens (including phenoxy) is 2. The van der Waals surface area contributed by atoms with Crippen LogP contribution in [-0.2, 0) is 14.6 Å². The first-order valence-corrected chi connectivity index (χ1v) is 21.2. The lowest BCUT2D eigenvalue weighted by atomic mass is 9.85. The van der Waals surface area contributed by atoms with E-state index in [1.165, 1.54) is 0 Å². The summed E-state index contributed by atoms with van der Waals surface area (Å²) < 4.78 is 18.2. The van der Waals surface area contributed by atoms with Crippen LogP contribution in [-0.4, -0.2) is 104 Å². The van der Waals surface area contributed by atoms with Crippen LogP contribution in [0.25, 0.3) is 11.3 Å². The Balaban J connectivity index is 1.43. The van der Waals surface area contributed by atoms with Crippen molar-refractivity contribution in [1.82, 2.24) is 24.8 Å². The summed E-state index contributed by atoms with van der Waals surface area (Å²) in [5.74, 6) is 1.17. The zero-order chi connectivity index (χ0) is 38.2. The van der Waals surface area contributed by atoms with Gasteiger partial charge in [-0.3, -0.25) is 9.69 Å². The molecule has 3 aromatic rings. The number of nitrogens with zero attached hydrogens (tertiary/aromatic N) is 6.